The first-order valence-corrected chi connectivity index (χ1v) is 13.1. The molecule has 0 radical (unpaired) electrons. The van der Waals surface area contributed by atoms with E-state index < -0.39 is 49.2 Å². The Labute approximate surface area is 219 Å². The van der Waals surface area contributed by atoms with Gasteiger partial charge in [-0.2, -0.15) is 0 Å². The zero-order chi connectivity index (χ0) is 27.7. The molecule has 0 atom stereocenters. The van der Waals surface area contributed by atoms with Crippen molar-refractivity contribution in [2.24, 2.45) is 0 Å². The molecule has 0 aliphatic heterocycles. The maximum Gasteiger partial charge on any atom is 0.331 e. The average Bonchev–Trinajstić information content (AvgIpc) is 2.85. The largest absolute Gasteiger partial charge is 0.478 e. The van der Waals surface area contributed by atoms with Crippen molar-refractivity contribution in [1.82, 2.24) is 0 Å². The summed E-state index contributed by atoms with van der Waals surface area (Å²) in [7, 11) is 0. The van der Waals surface area contributed by atoms with Crippen LogP contribution in [0.1, 0.15) is 96.8 Å². The van der Waals surface area contributed by atoms with Crippen molar-refractivity contribution < 1.29 is 48.4 Å². The van der Waals surface area contributed by atoms with Crippen LogP contribution in [0.15, 0.2) is 24.3 Å². The van der Waals surface area contributed by atoms with E-state index in [1.54, 1.807) is 0 Å². The second-order valence-electron chi connectivity index (χ2n) is 8.71. The standard InChI is InChI=1S/C27H42O10/c1-2-3-4-5-6-7-8-9-10-11-12-13-14-15-27(34)37-22(20-35-25(32)18-16-23(28)29)21-36-26(33)19-17-24(30)31/h16-19,22H,2-15,20-21H2,1H3,(H,28,29)(H,30,31). The van der Waals surface area contributed by atoms with Crippen LogP contribution in [0.3, 0.4) is 0 Å². The molecule has 0 saturated carbocycles. The molecule has 0 aliphatic rings. The first-order chi connectivity index (χ1) is 17.7. The van der Waals surface area contributed by atoms with E-state index in [1.807, 2.05) is 0 Å². The maximum absolute atomic E-state index is 12.2. The van der Waals surface area contributed by atoms with Crippen molar-refractivity contribution in [3.63, 3.8) is 0 Å². The lowest BCUT2D eigenvalue weighted by atomic mass is 10.0. The summed E-state index contributed by atoms with van der Waals surface area (Å²) in [6.07, 6.45) is 16.8. The van der Waals surface area contributed by atoms with Crippen molar-refractivity contribution in [1.29, 1.82) is 0 Å². The number of hydrogen-bond acceptors (Lipinski definition) is 8. The highest BCUT2D eigenvalue weighted by molar-refractivity contribution is 5.91. The molecule has 0 bridgehead atoms. The molecule has 0 spiro atoms. The monoisotopic (exact) mass is 526 g/mol. The van der Waals surface area contributed by atoms with Crippen molar-refractivity contribution >= 4 is 29.8 Å². The van der Waals surface area contributed by atoms with Gasteiger partial charge in [0.1, 0.15) is 13.2 Å². The third-order valence-corrected chi connectivity index (χ3v) is 5.33. The fourth-order valence-electron chi connectivity index (χ4n) is 3.37. The second-order valence-corrected chi connectivity index (χ2v) is 8.71. The second kappa shape index (κ2) is 23.2. The summed E-state index contributed by atoms with van der Waals surface area (Å²) in [6, 6.07) is 0. The number of unbranched alkanes of at least 4 members (excludes halogenated alkanes) is 12. The van der Waals surface area contributed by atoms with Gasteiger partial charge in [0.05, 0.1) is 0 Å². The molecule has 0 heterocycles. The van der Waals surface area contributed by atoms with E-state index in [0.29, 0.717) is 30.7 Å². The summed E-state index contributed by atoms with van der Waals surface area (Å²) in [5, 5.41) is 17.1. The Kier molecular flexibility index (Phi) is 21.3. The Morgan fingerprint density at radius 3 is 1.35 bits per heavy atom. The first kappa shape index (κ1) is 33.8. The first-order valence-electron chi connectivity index (χ1n) is 13.1. The molecule has 2 N–H and O–H groups in total. The number of rotatable bonds is 23. The summed E-state index contributed by atoms with van der Waals surface area (Å²) >= 11 is 0. The van der Waals surface area contributed by atoms with Crippen LogP contribution in [0.4, 0.5) is 0 Å². The quantitative estimate of drug-likeness (QED) is 0.0825. The van der Waals surface area contributed by atoms with E-state index in [4.69, 9.17) is 24.4 Å². The van der Waals surface area contributed by atoms with Crippen LogP contribution in [0, 0.1) is 0 Å². The average molecular weight is 527 g/mol. The Bertz CT molecular complexity index is 701. The van der Waals surface area contributed by atoms with Gasteiger partial charge in [-0.15, -0.1) is 0 Å². The highest BCUT2D eigenvalue weighted by atomic mass is 16.6. The minimum Gasteiger partial charge on any atom is -0.478 e. The SMILES string of the molecule is CCCCCCCCCCCCCCCC(=O)OC(COC(=O)C=CC(=O)O)COC(=O)C=CC(=O)O. The lowest BCUT2D eigenvalue weighted by molar-refractivity contribution is -0.164. The van der Waals surface area contributed by atoms with Crippen molar-refractivity contribution in [3.05, 3.63) is 24.3 Å². The van der Waals surface area contributed by atoms with Gasteiger partial charge in [-0.05, 0) is 6.42 Å². The van der Waals surface area contributed by atoms with Crippen LogP contribution >= 0.6 is 0 Å². The van der Waals surface area contributed by atoms with Crippen molar-refractivity contribution in [2.45, 2.75) is 103 Å². The molecule has 0 aromatic heterocycles. The highest BCUT2D eigenvalue weighted by Crippen LogP contribution is 2.13. The number of aliphatic carboxylic acids is 2. The third-order valence-electron chi connectivity index (χ3n) is 5.33. The van der Waals surface area contributed by atoms with E-state index in [2.05, 4.69) is 6.92 Å². The molecule has 10 heteroatoms. The van der Waals surface area contributed by atoms with Crippen LogP contribution in [0.2, 0.25) is 0 Å². The number of esters is 3. The molecule has 0 aromatic carbocycles. The summed E-state index contributed by atoms with van der Waals surface area (Å²) in [4.78, 5) is 56.3. The molecular weight excluding hydrogens is 484 g/mol. The minimum atomic E-state index is -1.34. The molecule has 0 saturated heterocycles. The molecule has 0 amide bonds. The van der Waals surface area contributed by atoms with E-state index in [0.717, 1.165) is 19.3 Å². The highest BCUT2D eigenvalue weighted by Gasteiger charge is 2.18. The fourth-order valence-corrected chi connectivity index (χ4v) is 3.37. The molecular formula is C27H42O10. The summed E-state index contributed by atoms with van der Waals surface area (Å²) in [5.41, 5.74) is 0. The normalized spacial score (nSPS) is 11.9. The van der Waals surface area contributed by atoms with Gasteiger partial charge in [-0.1, -0.05) is 84.0 Å². The van der Waals surface area contributed by atoms with Gasteiger partial charge in [0.15, 0.2) is 6.10 Å². The molecule has 10 nitrogen and oxygen atoms in total. The summed E-state index contributed by atoms with van der Waals surface area (Å²) < 4.78 is 14.9. The molecule has 210 valence electrons. The van der Waals surface area contributed by atoms with E-state index >= 15 is 0 Å². The van der Waals surface area contributed by atoms with Gasteiger partial charge in [0.25, 0.3) is 0 Å². The molecule has 37 heavy (non-hydrogen) atoms. The minimum absolute atomic E-state index is 0.147. The zero-order valence-corrected chi connectivity index (χ0v) is 21.9. The van der Waals surface area contributed by atoms with E-state index in [9.17, 15) is 24.0 Å². The van der Waals surface area contributed by atoms with Crippen LogP contribution in [0.25, 0.3) is 0 Å². The fraction of sp³-hybridized carbons (Fsp3) is 0.667. The third kappa shape index (κ3) is 24.3. The lowest BCUT2D eigenvalue weighted by Crippen LogP contribution is -2.30. The van der Waals surface area contributed by atoms with Crippen LogP contribution in [-0.4, -0.2) is 59.4 Å². The predicted octanol–water partition coefficient (Wildman–Crippen LogP) is 4.75. The molecule has 0 aliphatic carbocycles. The van der Waals surface area contributed by atoms with Gasteiger partial charge < -0.3 is 24.4 Å². The number of carboxylic acid groups (broad SMARTS) is 2. The smallest absolute Gasteiger partial charge is 0.331 e. The molecule has 0 unspecified atom stereocenters. The van der Waals surface area contributed by atoms with Crippen LogP contribution in [0.5, 0.6) is 0 Å². The van der Waals surface area contributed by atoms with Crippen molar-refractivity contribution in [2.75, 3.05) is 13.2 Å². The Balaban J connectivity index is 4.24. The van der Waals surface area contributed by atoms with Crippen LogP contribution < -0.4 is 0 Å². The molecule has 0 aromatic rings. The van der Waals surface area contributed by atoms with E-state index in [1.165, 1.54) is 57.8 Å². The Morgan fingerprint density at radius 1 is 0.595 bits per heavy atom. The Hall–Kier alpha value is -3.17. The predicted molar refractivity (Wildman–Crippen MR) is 136 cm³/mol. The number of hydrogen-bond donors (Lipinski definition) is 2. The lowest BCUT2D eigenvalue weighted by Gasteiger charge is -2.17. The van der Waals surface area contributed by atoms with Gasteiger partial charge in [-0.25, -0.2) is 19.2 Å². The maximum atomic E-state index is 12.2. The van der Waals surface area contributed by atoms with Gasteiger partial charge >= 0.3 is 29.8 Å². The number of ether oxygens (including phenoxy) is 3. The number of carbonyl (C=O) groups is 5. The van der Waals surface area contributed by atoms with Gasteiger partial charge in [0, 0.05) is 30.7 Å². The van der Waals surface area contributed by atoms with Crippen LogP contribution in [-0.2, 0) is 38.2 Å². The zero-order valence-electron chi connectivity index (χ0n) is 21.9. The topological polar surface area (TPSA) is 154 Å². The van der Waals surface area contributed by atoms with Crippen molar-refractivity contribution in [3.8, 4) is 0 Å². The van der Waals surface area contributed by atoms with Gasteiger partial charge in [0.2, 0.25) is 0 Å². The molecule has 0 fully saturated rings. The summed E-state index contributed by atoms with van der Waals surface area (Å²) in [6.45, 7) is 1.28. The number of carboxylic acids is 2. The van der Waals surface area contributed by atoms with E-state index in [-0.39, 0.29) is 6.42 Å². The van der Waals surface area contributed by atoms with Gasteiger partial charge in [-0.3, -0.25) is 4.79 Å². The molecule has 0 rings (SSSR count). The Morgan fingerprint density at radius 2 is 0.973 bits per heavy atom. The summed E-state index contributed by atoms with van der Waals surface area (Å²) in [5.74, 6) is -5.18. The number of carbonyl (C=O) groups excluding carboxylic acids is 3.